The highest BCUT2D eigenvalue weighted by Gasteiger charge is 2.30. The number of carboxylic acids is 1. The maximum absolute atomic E-state index is 10.9. The van der Waals surface area contributed by atoms with Crippen molar-refractivity contribution in [2.45, 2.75) is 77.0 Å². The highest BCUT2D eigenvalue weighted by molar-refractivity contribution is 5.85. The molecule has 0 N–H and O–H groups in total. The lowest BCUT2D eigenvalue weighted by Crippen LogP contribution is -2.25. The van der Waals surface area contributed by atoms with Crippen LogP contribution in [0.15, 0.2) is 24.3 Å². The molecule has 2 fully saturated rings. The predicted molar refractivity (Wildman–Crippen MR) is 95.8 cm³/mol. The molecule has 24 heavy (non-hydrogen) atoms. The van der Waals surface area contributed by atoms with Crippen molar-refractivity contribution in [3.63, 3.8) is 0 Å². The molecule has 2 nitrogen and oxygen atoms in total. The van der Waals surface area contributed by atoms with Gasteiger partial charge in [0, 0.05) is 0 Å². The first-order chi connectivity index (χ1) is 11.7. The molecule has 0 heterocycles. The summed E-state index contributed by atoms with van der Waals surface area (Å²) < 4.78 is 0. The number of hydrogen-bond acceptors (Lipinski definition) is 2. The minimum Gasteiger partial charge on any atom is -0.545 e. The van der Waals surface area contributed by atoms with E-state index in [4.69, 9.17) is 0 Å². The average Bonchev–Trinajstić information content (AvgIpc) is 2.63. The van der Waals surface area contributed by atoms with Crippen LogP contribution in [0.1, 0.15) is 93.0 Å². The summed E-state index contributed by atoms with van der Waals surface area (Å²) in [6.45, 7) is 2.31. The lowest BCUT2D eigenvalue weighted by molar-refractivity contribution is -0.255. The quantitative estimate of drug-likeness (QED) is 0.769. The van der Waals surface area contributed by atoms with Crippen LogP contribution in [-0.4, -0.2) is 5.97 Å². The van der Waals surface area contributed by atoms with Gasteiger partial charge in [-0.1, -0.05) is 56.9 Å². The summed E-state index contributed by atoms with van der Waals surface area (Å²) in [5.41, 5.74) is 1.60. The number of aromatic carboxylic acids is 1. The zero-order valence-electron chi connectivity index (χ0n) is 15.0. The Bertz CT molecular complexity index is 517. The van der Waals surface area contributed by atoms with Crippen LogP contribution in [0, 0.1) is 17.8 Å². The van der Waals surface area contributed by atoms with E-state index in [1.807, 2.05) is 12.1 Å². The standard InChI is InChI=1S/C22H32O2/c1-2-3-16-4-6-17(7-5-16)18-8-10-19(11-9-18)20-12-14-21(15-13-20)22(23)24/h12-19H,2-11H2,1H3,(H,23,24)/p-1. The third kappa shape index (κ3) is 4.20. The molecule has 0 unspecified atom stereocenters. The highest BCUT2D eigenvalue weighted by atomic mass is 16.4. The van der Waals surface area contributed by atoms with Crippen molar-refractivity contribution >= 4 is 5.97 Å². The van der Waals surface area contributed by atoms with Crippen molar-refractivity contribution in [3.8, 4) is 0 Å². The van der Waals surface area contributed by atoms with Gasteiger partial charge in [-0.15, -0.1) is 0 Å². The molecule has 132 valence electrons. The van der Waals surface area contributed by atoms with Gasteiger partial charge in [0.25, 0.3) is 0 Å². The first kappa shape index (κ1) is 17.5. The first-order valence-electron chi connectivity index (χ1n) is 9.98. The van der Waals surface area contributed by atoms with Crippen LogP contribution in [0.5, 0.6) is 0 Å². The number of carboxylic acid groups (broad SMARTS) is 1. The topological polar surface area (TPSA) is 40.1 Å². The van der Waals surface area contributed by atoms with E-state index in [0.29, 0.717) is 5.92 Å². The van der Waals surface area contributed by atoms with E-state index in [1.54, 1.807) is 12.1 Å². The molecule has 0 amide bonds. The van der Waals surface area contributed by atoms with Crippen LogP contribution in [0.4, 0.5) is 0 Å². The van der Waals surface area contributed by atoms with Crippen molar-refractivity contribution in [3.05, 3.63) is 35.4 Å². The van der Waals surface area contributed by atoms with Crippen molar-refractivity contribution in [2.75, 3.05) is 0 Å². The number of carbonyl (C=O) groups excluding carboxylic acids is 1. The Morgan fingerprint density at radius 2 is 1.46 bits per heavy atom. The summed E-state index contributed by atoms with van der Waals surface area (Å²) in [4.78, 5) is 10.9. The zero-order chi connectivity index (χ0) is 16.9. The minimum atomic E-state index is -1.08. The molecule has 0 aromatic heterocycles. The van der Waals surface area contributed by atoms with E-state index < -0.39 is 5.97 Å². The lowest BCUT2D eigenvalue weighted by atomic mass is 9.68. The molecule has 0 radical (unpaired) electrons. The van der Waals surface area contributed by atoms with Gasteiger partial charge < -0.3 is 9.90 Å². The molecule has 0 saturated heterocycles. The second-order valence-corrected chi connectivity index (χ2v) is 8.09. The number of carbonyl (C=O) groups is 1. The molecule has 0 aliphatic heterocycles. The van der Waals surface area contributed by atoms with Crippen molar-refractivity contribution in [1.82, 2.24) is 0 Å². The Hall–Kier alpha value is -1.31. The smallest absolute Gasteiger partial charge is 0.0715 e. The van der Waals surface area contributed by atoms with Gasteiger partial charge in [0.05, 0.1) is 5.97 Å². The predicted octanol–water partition coefficient (Wildman–Crippen LogP) is 4.93. The molecular weight excluding hydrogens is 296 g/mol. The van der Waals surface area contributed by atoms with Crippen molar-refractivity contribution < 1.29 is 9.90 Å². The number of benzene rings is 1. The first-order valence-corrected chi connectivity index (χ1v) is 9.98. The summed E-state index contributed by atoms with van der Waals surface area (Å²) in [7, 11) is 0. The van der Waals surface area contributed by atoms with E-state index >= 15 is 0 Å². The summed E-state index contributed by atoms with van der Waals surface area (Å²) >= 11 is 0. The van der Waals surface area contributed by atoms with Gasteiger partial charge in [0.15, 0.2) is 0 Å². The summed E-state index contributed by atoms with van der Waals surface area (Å²) in [5, 5.41) is 10.9. The van der Waals surface area contributed by atoms with Crippen LogP contribution in [-0.2, 0) is 0 Å². The van der Waals surface area contributed by atoms with E-state index in [0.717, 1.165) is 17.8 Å². The average molecular weight is 327 g/mol. The Morgan fingerprint density at radius 1 is 0.917 bits per heavy atom. The SMILES string of the molecule is CCCC1CCC(C2CCC(c3ccc(C(=O)[O-])cc3)CC2)CC1. The van der Waals surface area contributed by atoms with Gasteiger partial charge in [0.2, 0.25) is 0 Å². The Balaban J connectivity index is 1.48. The summed E-state index contributed by atoms with van der Waals surface area (Å²) in [5.74, 6) is 2.45. The maximum atomic E-state index is 10.9. The summed E-state index contributed by atoms with van der Waals surface area (Å²) in [6, 6.07) is 7.38. The Labute approximate surface area is 146 Å². The molecule has 2 aliphatic rings. The van der Waals surface area contributed by atoms with Crippen molar-refractivity contribution in [1.29, 1.82) is 0 Å². The van der Waals surface area contributed by atoms with Crippen LogP contribution in [0.2, 0.25) is 0 Å². The number of rotatable bonds is 5. The molecule has 1 aromatic rings. The van der Waals surface area contributed by atoms with E-state index in [2.05, 4.69) is 6.92 Å². The fourth-order valence-electron chi connectivity index (χ4n) is 5.17. The molecule has 3 rings (SSSR count). The Morgan fingerprint density at radius 3 is 1.96 bits per heavy atom. The second-order valence-electron chi connectivity index (χ2n) is 8.09. The van der Waals surface area contributed by atoms with Gasteiger partial charge in [-0.05, 0) is 73.3 Å². The Kier molecular flexibility index (Phi) is 5.97. The molecular formula is C22H31O2-. The fraction of sp³-hybridized carbons (Fsp3) is 0.682. The molecule has 0 spiro atoms. The summed E-state index contributed by atoms with van der Waals surface area (Å²) in [6.07, 6.45) is 13.9. The number of hydrogen-bond donors (Lipinski definition) is 0. The third-order valence-electron chi connectivity index (χ3n) is 6.64. The van der Waals surface area contributed by atoms with Crippen LogP contribution in [0.3, 0.4) is 0 Å². The normalized spacial score (nSPS) is 30.9. The van der Waals surface area contributed by atoms with Crippen LogP contribution >= 0.6 is 0 Å². The molecule has 2 heteroatoms. The molecule has 2 aliphatic carbocycles. The second kappa shape index (κ2) is 8.18. The van der Waals surface area contributed by atoms with Crippen LogP contribution < -0.4 is 5.11 Å². The zero-order valence-corrected chi connectivity index (χ0v) is 15.0. The van der Waals surface area contributed by atoms with Crippen LogP contribution in [0.25, 0.3) is 0 Å². The molecule has 1 aromatic carbocycles. The van der Waals surface area contributed by atoms with E-state index in [-0.39, 0.29) is 5.56 Å². The molecule has 0 bridgehead atoms. The minimum absolute atomic E-state index is 0.288. The van der Waals surface area contributed by atoms with E-state index in [9.17, 15) is 9.90 Å². The van der Waals surface area contributed by atoms with Gasteiger partial charge in [-0.2, -0.15) is 0 Å². The van der Waals surface area contributed by atoms with Gasteiger partial charge in [-0.3, -0.25) is 0 Å². The van der Waals surface area contributed by atoms with E-state index in [1.165, 1.54) is 69.8 Å². The van der Waals surface area contributed by atoms with Gasteiger partial charge in [0.1, 0.15) is 0 Å². The van der Waals surface area contributed by atoms with Crippen molar-refractivity contribution in [2.24, 2.45) is 17.8 Å². The monoisotopic (exact) mass is 327 g/mol. The van der Waals surface area contributed by atoms with Gasteiger partial charge >= 0.3 is 0 Å². The molecule has 0 atom stereocenters. The highest BCUT2D eigenvalue weighted by Crippen LogP contribution is 2.44. The maximum Gasteiger partial charge on any atom is 0.0715 e. The fourth-order valence-corrected chi connectivity index (χ4v) is 5.17. The molecule has 2 saturated carbocycles. The van der Waals surface area contributed by atoms with Gasteiger partial charge in [-0.25, -0.2) is 0 Å². The lowest BCUT2D eigenvalue weighted by Gasteiger charge is -2.38. The third-order valence-corrected chi connectivity index (χ3v) is 6.64. The largest absolute Gasteiger partial charge is 0.545 e.